The van der Waals surface area contributed by atoms with Crippen LogP contribution in [0.1, 0.15) is 55.8 Å². The third-order valence-electron chi connectivity index (χ3n) is 4.28. The average Bonchev–Trinajstić information content (AvgIpc) is 3.08. The normalized spacial score (nSPS) is 15.2. The summed E-state index contributed by atoms with van der Waals surface area (Å²) >= 11 is 1.76. The molecule has 1 aliphatic rings. The molecule has 26 heavy (non-hydrogen) atoms. The van der Waals surface area contributed by atoms with Crippen LogP contribution in [0.3, 0.4) is 0 Å². The topological polar surface area (TPSA) is 78.4 Å². The van der Waals surface area contributed by atoms with E-state index >= 15 is 0 Å². The molecule has 0 spiro atoms. The van der Waals surface area contributed by atoms with E-state index in [1.165, 1.54) is 24.1 Å². The minimum atomic E-state index is 0. The third kappa shape index (κ3) is 8.66. The van der Waals surface area contributed by atoms with Gasteiger partial charge in [0.1, 0.15) is 6.54 Å². The highest BCUT2D eigenvalue weighted by Crippen LogP contribution is 2.17. The van der Waals surface area contributed by atoms with Crippen LogP contribution in [-0.4, -0.2) is 42.5 Å². The van der Waals surface area contributed by atoms with Crippen LogP contribution >= 0.6 is 35.3 Å². The van der Waals surface area contributed by atoms with Gasteiger partial charge in [0.05, 0.1) is 5.01 Å². The van der Waals surface area contributed by atoms with Gasteiger partial charge < -0.3 is 16.0 Å². The van der Waals surface area contributed by atoms with Crippen molar-refractivity contribution in [2.45, 2.75) is 64.8 Å². The molecule has 0 unspecified atom stereocenters. The van der Waals surface area contributed by atoms with Crippen molar-refractivity contribution >= 4 is 47.2 Å². The SMILES string of the molecule is CCNC(=NCC(=O)NC1CCCCC1)NCCc1ncc(CC)s1.I. The van der Waals surface area contributed by atoms with Crippen molar-refractivity contribution in [3.05, 3.63) is 16.1 Å². The van der Waals surface area contributed by atoms with Crippen LogP contribution in [0.4, 0.5) is 0 Å². The summed E-state index contributed by atoms with van der Waals surface area (Å²) in [6.07, 6.45) is 9.77. The van der Waals surface area contributed by atoms with E-state index < -0.39 is 0 Å². The average molecular weight is 493 g/mol. The second-order valence-electron chi connectivity index (χ2n) is 6.35. The Hall–Kier alpha value is -0.900. The van der Waals surface area contributed by atoms with Crippen LogP contribution in [0.25, 0.3) is 0 Å². The maximum atomic E-state index is 12.1. The third-order valence-corrected chi connectivity index (χ3v) is 5.48. The van der Waals surface area contributed by atoms with Crippen molar-refractivity contribution in [1.29, 1.82) is 0 Å². The second-order valence-corrected chi connectivity index (χ2v) is 7.55. The molecule has 1 fully saturated rings. The Morgan fingerprint density at radius 1 is 1.27 bits per heavy atom. The number of thiazole rings is 1. The number of aromatic nitrogens is 1. The molecule has 0 bridgehead atoms. The highest BCUT2D eigenvalue weighted by Gasteiger charge is 2.15. The number of halogens is 1. The number of rotatable bonds is 8. The van der Waals surface area contributed by atoms with Crippen molar-refractivity contribution in [3.8, 4) is 0 Å². The number of amides is 1. The lowest BCUT2D eigenvalue weighted by atomic mass is 9.95. The fourth-order valence-corrected chi connectivity index (χ4v) is 3.79. The van der Waals surface area contributed by atoms with E-state index in [0.29, 0.717) is 12.0 Å². The molecule has 0 aromatic carbocycles. The monoisotopic (exact) mass is 493 g/mol. The molecule has 1 heterocycles. The van der Waals surface area contributed by atoms with E-state index in [1.54, 1.807) is 11.3 Å². The van der Waals surface area contributed by atoms with Gasteiger partial charge in [-0.3, -0.25) is 4.79 Å². The molecule has 1 aromatic heterocycles. The predicted molar refractivity (Wildman–Crippen MR) is 120 cm³/mol. The van der Waals surface area contributed by atoms with Gasteiger partial charge in [-0.15, -0.1) is 35.3 Å². The van der Waals surface area contributed by atoms with Crippen molar-refractivity contribution in [3.63, 3.8) is 0 Å². The Balaban J connectivity index is 0.00000338. The number of nitrogens with one attached hydrogen (secondary N) is 3. The first kappa shape index (κ1) is 23.1. The highest BCUT2D eigenvalue weighted by atomic mass is 127. The molecule has 1 aromatic rings. The molecule has 0 aliphatic heterocycles. The summed E-state index contributed by atoms with van der Waals surface area (Å²) in [6.45, 7) is 5.86. The molecule has 2 rings (SSSR count). The van der Waals surface area contributed by atoms with Gasteiger partial charge in [-0.1, -0.05) is 26.2 Å². The summed E-state index contributed by atoms with van der Waals surface area (Å²) in [6, 6.07) is 0.338. The van der Waals surface area contributed by atoms with Gasteiger partial charge in [-0.05, 0) is 26.2 Å². The zero-order chi connectivity index (χ0) is 17.9. The van der Waals surface area contributed by atoms with Crippen LogP contribution in [0.15, 0.2) is 11.2 Å². The molecule has 8 heteroatoms. The van der Waals surface area contributed by atoms with Gasteiger partial charge in [0.25, 0.3) is 0 Å². The second kappa shape index (κ2) is 13.3. The maximum Gasteiger partial charge on any atom is 0.242 e. The fourth-order valence-electron chi connectivity index (χ4n) is 2.93. The van der Waals surface area contributed by atoms with E-state index in [0.717, 1.165) is 43.8 Å². The first-order chi connectivity index (χ1) is 12.2. The number of carbonyl (C=O) groups is 1. The summed E-state index contributed by atoms with van der Waals surface area (Å²) in [5.41, 5.74) is 0. The first-order valence-electron chi connectivity index (χ1n) is 9.46. The van der Waals surface area contributed by atoms with Gasteiger partial charge in [0, 0.05) is 36.6 Å². The van der Waals surface area contributed by atoms with Crippen LogP contribution in [0, 0.1) is 0 Å². The van der Waals surface area contributed by atoms with E-state index in [1.807, 2.05) is 13.1 Å². The minimum absolute atomic E-state index is 0. The fraction of sp³-hybridized carbons (Fsp3) is 0.722. The van der Waals surface area contributed by atoms with Crippen molar-refractivity contribution < 1.29 is 4.79 Å². The predicted octanol–water partition coefficient (Wildman–Crippen LogP) is 2.87. The molecule has 148 valence electrons. The first-order valence-corrected chi connectivity index (χ1v) is 10.3. The number of hydrogen-bond acceptors (Lipinski definition) is 4. The smallest absolute Gasteiger partial charge is 0.242 e. The molecule has 6 nitrogen and oxygen atoms in total. The van der Waals surface area contributed by atoms with E-state index in [9.17, 15) is 4.79 Å². The highest BCUT2D eigenvalue weighted by molar-refractivity contribution is 14.0. The van der Waals surface area contributed by atoms with Gasteiger partial charge in [0.15, 0.2) is 5.96 Å². The summed E-state index contributed by atoms with van der Waals surface area (Å²) in [5.74, 6) is 0.699. The number of aliphatic imine (C=N–C) groups is 1. The molecule has 1 saturated carbocycles. The van der Waals surface area contributed by atoms with E-state index in [4.69, 9.17) is 0 Å². The Bertz CT molecular complexity index is 558. The lowest BCUT2D eigenvalue weighted by molar-refractivity contribution is -0.120. The molecule has 3 N–H and O–H groups in total. The van der Waals surface area contributed by atoms with Gasteiger partial charge in [-0.2, -0.15) is 0 Å². The lowest BCUT2D eigenvalue weighted by Gasteiger charge is -2.22. The molecule has 0 saturated heterocycles. The van der Waals surface area contributed by atoms with Gasteiger partial charge in [0.2, 0.25) is 5.91 Å². The Morgan fingerprint density at radius 3 is 2.69 bits per heavy atom. The quantitative estimate of drug-likeness (QED) is 0.296. The number of nitrogens with zero attached hydrogens (tertiary/aromatic N) is 2. The lowest BCUT2D eigenvalue weighted by Crippen LogP contribution is -2.41. The number of guanidine groups is 1. The molecule has 0 atom stereocenters. The number of aryl methyl sites for hydroxylation is 1. The van der Waals surface area contributed by atoms with Crippen LogP contribution in [0.5, 0.6) is 0 Å². The maximum absolute atomic E-state index is 12.1. The summed E-state index contributed by atoms with van der Waals surface area (Å²) in [7, 11) is 0. The Kier molecular flexibility index (Phi) is 11.8. The van der Waals surface area contributed by atoms with Crippen molar-refractivity contribution in [2.24, 2.45) is 4.99 Å². The van der Waals surface area contributed by atoms with Gasteiger partial charge >= 0.3 is 0 Å². The zero-order valence-corrected chi connectivity index (χ0v) is 19.0. The minimum Gasteiger partial charge on any atom is -0.357 e. The largest absolute Gasteiger partial charge is 0.357 e. The molecular formula is C18H32IN5OS. The van der Waals surface area contributed by atoms with E-state index in [2.05, 4.69) is 32.9 Å². The van der Waals surface area contributed by atoms with E-state index in [-0.39, 0.29) is 36.4 Å². The Morgan fingerprint density at radius 2 is 2.04 bits per heavy atom. The van der Waals surface area contributed by atoms with Crippen LogP contribution < -0.4 is 16.0 Å². The summed E-state index contributed by atoms with van der Waals surface area (Å²) < 4.78 is 0. The molecule has 0 radical (unpaired) electrons. The zero-order valence-electron chi connectivity index (χ0n) is 15.8. The van der Waals surface area contributed by atoms with Crippen molar-refractivity contribution in [2.75, 3.05) is 19.6 Å². The summed E-state index contributed by atoms with van der Waals surface area (Å²) in [5, 5.41) is 10.7. The van der Waals surface area contributed by atoms with Crippen LogP contribution in [-0.2, 0) is 17.6 Å². The van der Waals surface area contributed by atoms with Crippen molar-refractivity contribution in [1.82, 2.24) is 20.9 Å². The number of carbonyl (C=O) groups excluding carboxylic acids is 1. The number of hydrogen-bond donors (Lipinski definition) is 3. The molecule has 1 amide bonds. The van der Waals surface area contributed by atoms with Crippen LogP contribution in [0.2, 0.25) is 0 Å². The standard InChI is InChI=1S/C18H31N5OS.HI/c1-3-15-12-21-17(25-15)10-11-20-18(19-4-2)22-13-16(24)23-14-8-6-5-7-9-14;/h12,14H,3-11,13H2,1-2H3,(H,23,24)(H2,19,20,22);1H. The molecular weight excluding hydrogens is 461 g/mol. The summed E-state index contributed by atoms with van der Waals surface area (Å²) in [4.78, 5) is 22.2. The van der Waals surface area contributed by atoms with Gasteiger partial charge in [-0.25, -0.2) is 9.98 Å². The Labute approximate surface area is 178 Å². The molecule has 1 aliphatic carbocycles.